The highest BCUT2D eigenvalue weighted by molar-refractivity contribution is 6.32. The molecule has 0 aliphatic carbocycles. The van der Waals surface area contributed by atoms with E-state index in [2.05, 4.69) is 6.92 Å². The molecule has 0 spiro atoms. The fraction of sp³-hybridized carbons (Fsp3) is 0.906. The Labute approximate surface area is 259 Å². The fourth-order valence-corrected chi connectivity index (χ4v) is 4.03. The largest absolute Gasteiger partial charge is 0.476 e. The molecule has 0 fully saturated rings. The van der Waals surface area contributed by atoms with Crippen molar-refractivity contribution in [3.05, 3.63) is 0 Å². The second-order valence-corrected chi connectivity index (χ2v) is 10.4. The Morgan fingerprint density at radius 3 is 1.12 bits per heavy atom. The number of carboxylic acids is 1. The van der Waals surface area contributed by atoms with E-state index in [1.54, 1.807) is 0 Å². The SMILES string of the molecule is CCCCCCCCCCCCCCCOCCOCCOCCOCCOCCOCCOC(=O)CCC(=O)C(=O)O. The number of aliphatic carboxylic acids is 1. The molecule has 0 saturated carbocycles. The minimum Gasteiger partial charge on any atom is -0.476 e. The number of esters is 1. The Morgan fingerprint density at radius 1 is 0.419 bits per heavy atom. The summed E-state index contributed by atoms with van der Waals surface area (Å²) in [5.74, 6) is -3.20. The lowest BCUT2D eigenvalue weighted by molar-refractivity contribution is -0.151. The van der Waals surface area contributed by atoms with E-state index in [1.165, 1.54) is 77.0 Å². The number of carboxylic acid groups (broad SMARTS) is 1. The number of ketones is 1. The zero-order chi connectivity index (χ0) is 31.5. The number of hydrogen-bond acceptors (Lipinski definition) is 10. The number of carbonyl (C=O) groups is 3. The molecular weight excluding hydrogens is 560 g/mol. The molecule has 0 amide bonds. The van der Waals surface area contributed by atoms with Crippen molar-refractivity contribution in [3.8, 4) is 0 Å². The van der Waals surface area contributed by atoms with Crippen LogP contribution in [0, 0.1) is 0 Å². The van der Waals surface area contributed by atoms with E-state index in [1.807, 2.05) is 0 Å². The van der Waals surface area contributed by atoms with Crippen molar-refractivity contribution < 1.29 is 52.6 Å². The molecule has 0 atom stereocenters. The van der Waals surface area contributed by atoms with Gasteiger partial charge < -0.3 is 38.3 Å². The van der Waals surface area contributed by atoms with Crippen molar-refractivity contribution in [2.45, 2.75) is 103 Å². The minimum absolute atomic E-state index is 0.0293. The molecule has 43 heavy (non-hydrogen) atoms. The van der Waals surface area contributed by atoms with Gasteiger partial charge in [0.15, 0.2) is 0 Å². The molecule has 0 saturated heterocycles. The second kappa shape index (κ2) is 34.9. The van der Waals surface area contributed by atoms with Gasteiger partial charge in [0.2, 0.25) is 5.78 Å². The molecule has 0 aliphatic rings. The zero-order valence-corrected chi connectivity index (χ0v) is 26.8. The van der Waals surface area contributed by atoms with E-state index < -0.39 is 17.7 Å². The minimum atomic E-state index is -1.55. The summed E-state index contributed by atoms with van der Waals surface area (Å²) in [6, 6.07) is 0. The predicted octanol–water partition coefficient (Wildman–Crippen LogP) is 5.15. The van der Waals surface area contributed by atoms with Gasteiger partial charge >= 0.3 is 11.9 Å². The van der Waals surface area contributed by atoms with E-state index in [0.29, 0.717) is 66.1 Å². The van der Waals surface area contributed by atoms with Gasteiger partial charge in [0, 0.05) is 13.0 Å². The summed E-state index contributed by atoms with van der Waals surface area (Å²) in [4.78, 5) is 32.6. The number of ether oxygens (including phenoxy) is 7. The van der Waals surface area contributed by atoms with Crippen LogP contribution in [0.25, 0.3) is 0 Å². The Morgan fingerprint density at radius 2 is 0.744 bits per heavy atom. The maximum Gasteiger partial charge on any atom is 0.372 e. The van der Waals surface area contributed by atoms with Gasteiger partial charge in [0.25, 0.3) is 0 Å². The standard InChI is InChI=1S/C32H60O11/c1-2-3-4-5-6-7-8-9-10-11-12-13-14-17-37-18-19-38-20-21-39-22-23-40-24-25-41-26-27-42-28-29-43-31(34)16-15-30(33)32(35)36/h2-29H2,1H3,(H,35,36). The average Bonchev–Trinajstić information content (AvgIpc) is 3.00. The highest BCUT2D eigenvalue weighted by Crippen LogP contribution is 2.12. The first-order chi connectivity index (χ1) is 21.1. The van der Waals surface area contributed by atoms with Crippen LogP contribution >= 0.6 is 0 Å². The Kier molecular flexibility index (Phi) is 33.5. The number of carbonyl (C=O) groups excluding carboxylic acids is 2. The summed E-state index contributed by atoms with van der Waals surface area (Å²) in [7, 11) is 0. The molecule has 0 aliphatic heterocycles. The molecule has 0 radical (unpaired) electrons. The lowest BCUT2D eigenvalue weighted by Crippen LogP contribution is -2.17. The smallest absolute Gasteiger partial charge is 0.372 e. The number of unbranched alkanes of at least 4 members (excludes halogenated alkanes) is 12. The van der Waals surface area contributed by atoms with Crippen molar-refractivity contribution in [1.82, 2.24) is 0 Å². The first-order valence-electron chi connectivity index (χ1n) is 16.5. The van der Waals surface area contributed by atoms with Crippen LogP contribution in [0.1, 0.15) is 103 Å². The van der Waals surface area contributed by atoms with Crippen LogP contribution in [-0.2, 0) is 47.5 Å². The quantitative estimate of drug-likeness (QED) is 0.0565. The number of hydrogen-bond donors (Lipinski definition) is 1. The summed E-state index contributed by atoms with van der Waals surface area (Å²) >= 11 is 0. The van der Waals surface area contributed by atoms with Gasteiger partial charge in [-0.1, -0.05) is 84.0 Å². The van der Waals surface area contributed by atoms with Crippen molar-refractivity contribution in [3.63, 3.8) is 0 Å². The van der Waals surface area contributed by atoms with E-state index in [4.69, 9.17) is 38.3 Å². The molecule has 1 N–H and O–H groups in total. The lowest BCUT2D eigenvalue weighted by atomic mass is 10.0. The maximum absolute atomic E-state index is 11.4. The highest BCUT2D eigenvalue weighted by atomic mass is 16.6. The van der Waals surface area contributed by atoms with Gasteiger partial charge in [-0.2, -0.15) is 0 Å². The van der Waals surface area contributed by atoms with Crippen LogP contribution in [0.4, 0.5) is 0 Å². The van der Waals surface area contributed by atoms with Gasteiger partial charge in [0.1, 0.15) is 6.61 Å². The summed E-state index contributed by atoms with van der Waals surface area (Å²) in [5.41, 5.74) is 0. The third kappa shape index (κ3) is 34.7. The molecule has 254 valence electrons. The summed E-state index contributed by atoms with van der Waals surface area (Å²) < 4.78 is 37.5. The van der Waals surface area contributed by atoms with Gasteiger partial charge in [-0.05, 0) is 6.42 Å². The fourth-order valence-electron chi connectivity index (χ4n) is 4.03. The van der Waals surface area contributed by atoms with Crippen molar-refractivity contribution >= 4 is 17.7 Å². The van der Waals surface area contributed by atoms with Crippen molar-refractivity contribution in [2.24, 2.45) is 0 Å². The van der Waals surface area contributed by atoms with E-state index in [-0.39, 0.29) is 26.1 Å². The molecule has 0 aromatic rings. The maximum atomic E-state index is 11.4. The van der Waals surface area contributed by atoms with Crippen molar-refractivity contribution in [2.75, 3.05) is 85.9 Å². The Hall–Kier alpha value is -1.63. The molecular formula is C32H60O11. The number of Topliss-reactive ketones (excluding diaryl/α,β-unsaturated/α-hetero) is 1. The number of rotatable bonds is 36. The third-order valence-corrected chi connectivity index (χ3v) is 6.54. The van der Waals surface area contributed by atoms with Crippen LogP contribution < -0.4 is 0 Å². The Bertz CT molecular complexity index is 630. The van der Waals surface area contributed by atoms with Crippen LogP contribution in [0.5, 0.6) is 0 Å². The first kappa shape index (κ1) is 41.4. The lowest BCUT2D eigenvalue weighted by Gasteiger charge is -2.08. The van der Waals surface area contributed by atoms with Gasteiger partial charge in [-0.15, -0.1) is 0 Å². The normalized spacial score (nSPS) is 11.2. The molecule has 0 rings (SSSR count). The van der Waals surface area contributed by atoms with E-state index >= 15 is 0 Å². The molecule has 0 aromatic carbocycles. The highest BCUT2D eigenvalue weighted by Gasteiger charge is 2.14. The van der Waals surface area contributed by atoms with Crippen LogP contribution in [0.2, 0.25) is 0 Å². The second-order valence-electron chi connectivity index (χ2n) is 10.4. The van der Waals surface area contributed by atoms with Gasteiger partial charge in [-0.25, -0.2) is 4.79 Å². The van der Waals surface area contributed by atoms with Crippen molar-refractivity contribution in [1.29, 1.82) is 0 Å². The van der Waals surface area contributed by atoms with Crippen LogP contribution in [0.15, 0.2) is 0 Å². The van der Waals surface area contributed by atoms with E-state index in [9.17, 15) is 14.4 Å². The van der Waals surface area contributed by atoms with Crippen LogP contribution in [-0.4, -0.2) is 109 Å². The third-order valence-electron chi connectivity index (χ3n) is 6.54. The molecule has 0 bridgehead atoms. The monoisotopic (exact) mass is 620 g/mol. The predicted molar refractivity (Wildman–Crippen MR) is 163 cm³/mol. The average molecular weight is 621 g/mol. The summed E-state index contributed by atoms with van der Waals surface area (Å²) in [6.07, 6.45) is 17.0. The topological polar surface area (TPSA) is 136 Å². The van der Waals surface area contributed by atoms with Crippen LogP contribution in [0.3, 0.4) is 0 Å². The van der Waals surface area contributed by atoms with Gasteiger partial charge in [-0.3, -0.25) is 9.59 Å². The zero-order valence-electron chi connectivity index (χ0n) is 26.8. The van der Waals surface area contributed by atoms with Gasteiger partial charge in [0.05, 0.1) is 79.1 Å². The molecule has 0 unspecified atom stereocenters. The molecule has 0 aromatic heterocycles. The Balaban J connectivity index is 3.12. The molecule has 11 nitrogen and oxygen atoms in total. The summed E-state index contributed by atoms with van der Waals surface area (Å²) in [5, 5.41) is 8.44. The van der Waals surface area contributed by atoms with E-state index in [0.717, 1.165) is 13.0 Å². The summed E-state index contributed by atoms with van der Waals surface area (Å²) in [6.45, 7) is 8.12. The first-order valence-corrected chi connectivity index (χ1v) is 16.5. The molecule has 0 heterocycles. The molecule has 11 heteroatoms.